The molecule has 0 fully saturated rings. The van der Waals surface area contributed by atoms with E-state index in [-0.39, 0.29) is 0 Å². The van der Waals surface area contributed by atoms with Crippen LogP contribution in [0, 0.1) is 0 Å². The van der Waals surface area contributed by atoms with Gasteiger partial charge in [-0.25, -0.2) is 4.98 Å². The maximum absolute atomic E-state index is 4.42. The molecule has 1 N–H and O–H groups in total. The Bertz CT molecular complexity index is 702. The van der Waals surface area contributed by atoms with Crippen LogP contribution in [0.15, 0.2) is 49.1 Å². The van der Waals surface area contributed by atoms with Gasteiger partial charge in [0.1, 0.15) is 6.33 Å². The molecule has 0 aliphatic heterocycles. The van der Waals surface area contributed by atoms with Gasteiger partial charge in [0.05, 0.1) is 22.9 Å². The highest BCUT2D eigenvalue weighted by Crippen LogP contribution is 2.17. The van der Waals surface area contributed by atoms with Gasteiger partial charge in [0.25, 0.3) is 0 Å². The SMILES string of the molecule is CCCNCc1cncc(-n2cnc3ccccc32)c1. The third-order valence-corrected chi connectivity index (χ3v) is 3.27. The van der Waals surface area contributed by atoms with E-state index in [1.807, 2.05) is 36.9 Å². The number of hydrogen-bond donors (Lipinski definition) is 1. The highest BCUT2D eigenvalue weighted by atomic mass is 15.1. The summed E-state index contributed by atoms with van der Waals surface area (Å²) in [7, 11) is 0. The highest BCUT2D eigenvalue weighted by molar-refractivity contribution is 5.77. The number of rotatable bonds is 5. The molecule has 0 saturated heterocycles. The fourth-order valence-electron chi connectivity index (χ4n) is 2.28. The number of hydrogen-bond acceptors (Lipinski definition) is 3. The minimum atomic E-state index is 0.849. The summed E-state index contributed by atoms with van der Waals surface area (Å²) in [6, 6.07) is 10.3. The Labute approximate surface area is 118 Å². The molecule has 0 amide bonds. The Balaban J connectivity index is 1.92. The monoisotopic (exact) mass is 266 g/mol. The minimum Gasteiger partial charge on any atom is -0.313 e. The zero-order valence-electron chi connectivity index (χ0n) is 11.6. The Hall–Kier alpha value is -2.20. The molecule has 4 heteroatoms. The van der Waals surface area contributed by atoms with Gasteiger partial charge >= 0.3 is 0 Å². The lowest BCUT2D eigenvalue weighted by Gasteiger charge is -2.07. The minimum absolute atomic E-state index is 0.849. The maximum Gasteiger partial charge on any atom is 0.100 e. The number of nitrogens with zero attached hydrogens (tertiary/aromatic N) is 3. The summed E-state index contributed by atoms with van der Waals surface area (Å²) in [5, 5.41) is 3.40. The van der Waals surface area contributed by atoms with E-state index >= 15 is 0 Å². The summed E-state index contributed by atoms with van der Waals surface area (Å²) in [6.07, 6.45) is 6.77. The number of para-hydroxylation sites is 2. The predicted molar refractivity (Wildman–Crippen MR) is 80.9 cm³/mol. The van der Waals surface area contributed by atoms with Crippen LogP contribution >= 0.6 is 0 Å². The van der Waals surface area contributed by atoms with Gasteiger partial charge in [0.2, 0.25) is 0 Å². The highest BCUT2D eigenvalue weighted by Gasteiger charge is 2.04. The van der Waals surface area contributed by atoms with Crippen molar-refractivity contribution in [2.75, 3.05) is 6.54 Å². The molecule has 3 aromatic rings. The first kappa shape index (κ1) is 12.8. The smallest absolute Gasteiger partial charge is 0.100 e. The molecule has 102 valence electrons. The maximum atomic E-state index is 4.42. The van der Waals surface area contributed by atoms with Crippen LogP contribution in [0.1, 0.15) is 18.9 Å². The second-order valence-electron chi connectivity index (χ2n) is 4.83. The largest absolute Gasteiger partial charge is 0.313 e. The van der Waals surface area contributed by atoms with Crippen LogP contribution in [0.25, 0.3) is 16.7 Å². The summed E-state index contributed by atoms with van der Waals surface area (Å²) < 4.78 is 2.08. The van der Waals surface area contributed by atoms with Gasteiger partial charge in [-0.1, -0.05) is 19.1 Å². The summed E-state index contributed by atoms with van der Waals surface area (Å²) in [5.41, 5.74) is 4.35. The lowest BCUT2D eigenvalue weighted by molar-refractivity contribution is 0.673. The molecule has 0 aliphatic carbocycles. The first-order chi connectivity index (χ1) is 9.88. The Morgan fingerprint density at radius 2 is 2.10 bits per heavy atom. The quantitative estimate of drug-likeness (QED) is 0.722. The van der Waals surface area contributed by atoms with Crippen molar-refractivity contribution < 1.29 is 0 Å². The van der Waals surface area contributed by atoms with E-state index in [4.69, 9.17) is 0 Å². The number of nitrogens with one attached hydrogen (secondary N) is 1. The molecule has 4 nitrogen and oxygen atoms in total. The van der Waals surface area contributed by atoms with Crippen molar-refractivity contribution in [3.05, 3.63) is 54.6 Å². The van der Waals surface area contributed by atoms with E-state index in [0.717, 1.165) is 36.2 Å². The molecule has 0 unspecified atom stereocenters. The van der Waals surface area contributed by atoms with E-state index in [1.54, 1.807) is 0 Å². The van der Waals surface area contributed by atoms with Gasteiger partial charge in [-0.2, -0.15) is 0 Å². The van der Waals surface area contributed by atoms with Gasteiger partial charge in [-0.05, 0) is 36.7 Å². The Kier molecular flexibility index (Phi) is 3.74. The van der Waals surface area contributed by atoms with Crippen molar-refractivity contribution in [1.29, 1.82) is 0 Å². The fourth-order valence-corrected chi connectivity index (χ4v) is 2.28. The Morgan fingerprint density at radius 3 is 3.00 bits per heavy atom. The lowest BCUT2D eigenvalue weighted by Crippen LogP contribution is -2.14. The summed E-state index contributed by atoms with van der Waals surface area (Å²) in [4.78, 5) is 8.76. The van der Waals surface area contributed by atoms with Crippen molar-refractivity contribution >= 4 is 11.0 Å². The van der Waals surface area contributed by atoms with E-state index in [0.29, 0.717) is 0 Å². The third-order valence-electron chi connectivity index (χ3n) is 3.27. The zero-order valence-corrected chi connectivity index (χ0v) is 11.6. The van der Waals surface area contributed by atoms with E-state index < -0.39 is 0 Å². The molecule has 0 aliphatic rings. The molecule has 2 heterocycles. The molecule has 0 atom stereocenters. The second-order valence-corrected chi connectivity index (χ2v) is 4.83. The normalized spacial score (nSPS) is 11.1. The summed E-state index contributed by atoms with van der Waals surface area (Å²) in [6.45, 7) is 4.04. The fraction of sp³-hybridized carbons (Fsp3) is 0.250. The van der Waals surface area contributed by atoms with Crippen LogP contribution in [0.4, 0.5) is 0 Å². The van der Waals surface area contributed by atoms with Crippen molar-refractivity contribution in [1.82, 2.24) is 19.9 Å². The van der Waals surface area contributed by atoms with Gasteiger partial charge in [-0.3, -0.25) is 9.55 Å². The van der Waals surface area contributed by atoms with Crippen LogP contribution in [0.3, 0.4) is 0 Å². The van der Waals surface area contributed by atoms with E-state index in [1.165, 1.54) is 5.56 Å². The molecule has 3 rings (SSSR count). The zero-order chi connectivity index (χ0) is 13.8. The molecular weight excluding hydrogens is 248 g/mol. The predicted octanol–water partition coefficient (Wildman–Crippen LogP) is 2.92. The number of fused-ring (bicyclic) bond motifs is 1. The average Bonchev–Trinajstić information content (AvgIpc) is 2.92. The number of pyridine rings is 1. The van der Waals surface area contributed by atoms with E-state index in [9.17, 15) is 0 Å². The van der Waals surface area contributed by atoms with Crippen molar-refractivity contribution in [2.45, 2.75) is 19.9 Å². The van der Waals surface area contributed by atoms with Crippen molar-refractivity contribution in [3.63, 3.8) is 0 Å². The Morgan fingerprint density at radius 1 is 1.20 bits per heavy atom. The molecule has 1 aromatic carbocycles. The van der Waals surface area contributed by atoms with Crippen LogP contribution in [0.5, 0.6) is 0 Å². The molecule has 0 saturated carbocycles. The molecular formula is C16H18N4. The lowest BCUT2D eigenvalue weighted by atomic mass is 10.2. The van der Waals surface area contributed by atoms with Gasteiger partial charge in [-0.15, -0.1) is 0 Å². The number of aromatic nitrogens is 3. The van der Waals surface area contributed by atoms with Gasteiger partial charge in [0.15, 0.2) is 0 Å². The molecule has 0 spiro atoms. The van der Waals surface area contributed by atoms with Crippen LogP contribution in [-0.2, 0) is 6.54 Å². The molecule has 20 heavy (non-hydrogen) atoms. The summed E-state index contributed by atoms with van der Waals surface area (Å²) in [5.74, 6) is 0. The third kappa shape index (κ3) is 2.56. The van der Waals surface area contributed by atoms with Crippen LogP contribution < -0.4 is 5.32 Å². The second kappa shape index (κ2) is 5.84. The molecule has 0 radical (unpaired) electrons. The van der Waals surface area contributed by atoms with Crippen molar-refractivity contribution in [2.24, 2.45) is 0 Å². The van der Waals surface area contributed by atoms with Gasteiger partial charge < -0.3 is 5.32 Å². The average molecular weight is 266 g/mol. The topological polar surface area (TPSA) is 42.7 Å². The van der Waals surface area contributed by atoms with E-state index in [2.05, 4.69) is 38.9 Å². The first-order valence-corrected chi connectivity index (χ1v) is 6.95. The van der Waals surface area contributed by atoms with Crippen LogP contribution in [0.2, 0.25) is 0 Å². The number of imidazole rings is 1. The van der Waals surface area contributed by atoms with Gasteiger partial charge in [0, 0.05) is 12.7 Å². The van der Waals surface area contributed by atoms with Crippen molar-refractivity contribution in [3.8, 4) is 5.69 Å². The molecule has 0 bridgehead atoms. The van der Waals surface area contributed by atoms with Crippen LogP contribution in [-0.4, -0.2) is 21.1 Å². The first-order valence-electron chi connectivity index (χ1n) is 6.95. The standard InChI is InChI=1S/C16H18N4/c1-2-7-17-9-13-8-14(11-18-10-13)20-12-19-15-5-3-4-6-16(15)20/h3-6,8,10-12,17H,2,7,9H2,1H3. The molecule has 2 aromatic heterocycles. The summed E-state index contributed by atoms with van der Waals surface area (Å²) >= 11 is 0. The number of benzene rings is 1.